The van der Waals surface area contributed by atoms with Crippen molar-refractivity contribution in [2.45, 2.75) is 18.4 Å². The van der Waals surface area contributed by atoms with Crippen molar-refractivity contribution in [2.24, 2.45) is 12.0 Å². The van der Waals surface area contributed by atoms with Crippen LogP contribution in [0.4, 0.5) is 5.69 Å². The lowest BCUT2D eigenvalue weighted by Crippen LogP contribution is -2.56. The second-order valence-electron chi connectivity index (χ2n) is 7.43. The van der Waals surface area contributed by atoms with Gasteiger partial charge in [-0.05, 0) is 24.0 Å². The molecule has 8 nitrogen and oxygen atoms in total. The Morgan fingerprint density at radius 2 is 2.18 bits per heavy atom. The van der Waals surface area contributed by atoms with Crippen molar-refractivity contribution >= 4 is 17.6 Å². The molecule has 1 atom stereocenters. The third kappa shape index (κ3) is 3.35. The predicted octanol–water partition coefficient (Wildman–Crippen LogP) is 0.478. The zero-order valence-electron chi connectivity index (χ0n) is 16.3. The van der Waals surface area contributed by atoms with E-state index >= 15 is 0 Å². The molecule has 0 radical (unpaired) electrons. The molecule has 0 bridgehead atoms. The van der Waals surface area contributed by atoms with Gasteiger partial charge in [0.25, 0.3) is 0 Å². The van der Waals surface area contributed by atoms with Crippen LogP contribution in [-0.4, -0.2) is 64.9 Å². The summed E-state index contributed by atoms with van der Waals surface area (Å²) in [6.07, 6.45) is 5.10. The summed E-state index contributed by atoms with van der Waals surface area (Å²) in [7, 11) is 3.54. The van der Waals surface area contributed by atoms with Gasteiger partial charge in [-0.2, -0.15) is 5.10 Å². The van der Waals surface area contributed by atoms with Gasteiger partial charge in [-0.3, -0.25) is 14.5 Å². The summed E-state index contributed by atoms with van der Waals surface area (Å²) in [6.45, 7) is 1.84. The quantitative estimate of drug-likeness (QED) is 0.596. The lowest BCUT2D eigenvalue weighted by Gasteiger charge is -2.36. The summed E-state index contributed by atoms with van der Waals surface area (Å²) < 4.78 is 1.69. The number of anilines is 1. The SMILES string of the molecule is CN=C(NCC1(O)CCc2ccccc21)N1CCN(c2cnn(C)c2)C(=O)C1. The Morgan fingerprint density at radius 3 is 2.89 bits per heavy atom. The van der Waals surface area contributed by atoms with Crippen LogP contribution >= 0.6 is 0 Å². The molecule has 1 fully saturated rings. The highest BCUT2D eigenvalue weighted by Crippen LogP contribution is 2.36. The fourth-order valence-electron chi connectivity index (χ4n) is 4.08. The molecule has 1 aliphatic carbocycles. The maximum absolute atomic E-state index is 12.6. The van der Waals surface area contributed by atoms with Crippen LogP contribution in [0.3, 0.4) is 0 Å². The van der Waals surface area contributed by atoms with Gasteiger partial charge in [-0.25, -0.2) is 0 Å². The van der Waals surface area contributed by atoms with Crippen LogP contribution in [0.5, 0.6) is 0 Å². The number of aromatic nitrogens is 2. The number of aryl methyl sites for hydroxylation is 2. The summed E-state index contributed by atoms with van der Waals surface area (Å²) >= 11 is 0. The van der Waals surface area contributed by atoms with Crippen molar-refractivity contribution in [3.05, 3.63) is 47.8 Å². The number of rotatable bonds is 3. The van der Waals surface area contributed by atoms with E-state index in [-0.39, 0.29) is 12.5 Å². The molecule has 148 valence electrons. The Labute approximate surface area is 164 Å². The Balaban J connectivity index is 1.40. The first-order valence-corrected chi connectivity index (χ1v) is 9.55. The van der Waals surface area contributed by atoms with E-state index in [4.69, 9.17) is 0 Å². The lowest BCUT2D eigenvalue weighted by molar-refractivity contribution is -0.120. The Morgan fingerprint density at radius 1 is 1.36 bits per heavy atom. The number of benzene rings is 1. The smallest absolute Gasteiger partial charge is 0.246 e. The molecule has 1 unspecified atom stereocenters. The Kier molecular flexibility index (Phi) is 4.80. The Hall–Kier alpha value is -2.87. The van der Waals surface area contributed by atoms with Crippen LogP contribution < -0.4 is 10.2 Å². The number of amides is 1. The average Bonchev–Trinajstić information content (AvgIpc) is 3.27. The molecule has 0 saturated carbocycles. The highest BCUT2D eigenvalue weighted by molar-refractivity contribution is 5.98. The molecule has 2 aliphatic rings. The van der Waals surface area contributed by atoms with Gasteiger partial charge in [-0.15, -0.1) is 0 Å². The van der Waals surface area contributed by atoms with Crippen molar-refractivity contribution < 1.29 is 9.90 Å². The molecular formula is C20H26N6O2. The number of piperazine rings is 1. The van der Waals surface area contributed by atoms with Gasteiger partial charge in [0, 0.05) is 33.4 Å². The third-order valence-electron chi connectivity index (χ3n) is 5.60. The molecule has 2 N–H and O–H groups in total. The monoisotopic (exact) mass is 382 g/mol. The molecule has 1 amide bonds. The van der Waals surface area contributed by atoms with Crippen molar-refractivity contribution in [1.29, 1.82) is 0 Å². The van der Waals surface area contributed by atoms with Gasteiger partial charge in [0.1, 0.15) is 12.1 Å². The molecule has 0 spiro atoms. The van der Waals surface area contributed by atoms with E-state index in [1.807, 2.05) is 36.3 Å². The number of fused-ring (bicyclic) bond motifs is 1. The van der Waals surface area contributed by atoms with Crippen LogP contribution in [0.15, 0.2) is 41.7 Å². The normalized spacial score (nSPS) is 22.5. The number of nitrogens with one attached hydrogen (secondary N) is 1. The number of aliphatic hydroxyl groups is 1. The lowest BCUT2D eigenvalue weighted by atomic mass is 9.96. The van der Waals surface area contributed by atoms with E-state index in [9.17, 15) is 9.90 Å². The van der Waals surface area contributed by atoms with Gasteiger partial charge in [0.05, 0.1) is 18.4 Å². The summed E-state index contributed by atoms with van der Waals surface area (Å²) in [5.41, 5.74) is 2.08. The maximum atomic E-state index is 12.6. The average molecular weight is 382 g/mol. The fourth-order valence-corrected chi connectivity index (χ4v) is 4.08. The summed E-state index contributed by atoms with van der Waals surface area (Å²) in [4.78, 5) is 20.6. The van der Waals surface area contributed by atoms with Crippen LogP contribution in [0, 0.1) is 0 Å². The molecule has 4 rings (SSSR count). The molecular weight excluding hydrogens is 356 g/mol. The number of hydrogen-bond donors (Lipinski definition) is 2. The first-order valence-electron chi connectivity index (χ1n) is 9.55. The number of carbonyl (C=O) groups is 1. The Bertz CT molecular complexity index is 908. The van der Waals surface area contributed by atoms with Crippen LogP contribution in [-0.2, 0) is 23.9 Å². The topological polar surface area (TPSA) is 86.0 Å². The van der Waals surface area contributed by atoms with E-state index in [1.165, 1.54) is 5.56 Å². The summed E-state index contributed by atoms with van der Waals surface area (Å²) in [5.74, 6) is 0.643. The molecule has 2 heterocycles. The van der Waals surface area contributed by atoms with Gasteiger partial charge >= 0.3 is 0 Å². The van der Waals surface area contributed by atoms with Gasteiger partial charge in [0.2, 0.25) is 5.91 Å². The first kappa shape index (κ1) is 18.5. The zero-order valence-corrected chi connectivity index (χ0v) is 16.3. The summed E-state index contributed by atoms with van der Waals surface area (Å²) in [5, 5.41) is 18.5. The standard InChI is InChI=1S/C20H26N6O2/c1-21-19(22-14-20(28)8-7-15-5-3-4-6-17(15)20)25-9-10-26(18(27)13-25)16-11-23-24(2)12-16/h3-6,11-12,28H,7-10,13-14H2,1-2H3,(H,21,22). The molecule has 1 aromatic carbocycles. The van der Waals surface area contributed by atoms with Crippen LogP contribution in [0.2, 0.25) is 0 Å². The molecule has 1 aliphatic heterocycles. The van der Waals surface area contributed by atoms with Crippen molar-refractivity contribution in [3.8, 4) is 0 Å². The minimum absolute atomic E-state index is 0.00660. The van der Waals surface area contributed by atoms with E-state index < -0.39 is 5.60 Å². The number of guanidine groups is 1. The van der Waals surface area contributed by atoms with E-state index in [1.54, 1.807) is 22.8 Å². The van der Waals surface area contributed by atoms with Gasteiger partial charge in [0.15, 0.2) is 5.96 Å². The molecule has 2 aromatic rings. The molecule has 8 heteroatoms. The van der Waals surface area contributed by atoms with Crippen LogP contribution in [0.25, 0.3) is 0 Å². The minimum Gasteiger partial charge on any atom is -0.383 e. The van der Waals surface area contributed by atoms with Gasteiger partial charge in [-0.1, -0.05) is 24.3 Å². The van der Waals surface area contributed by atoms with Crippen molar-refractivity contribution in [1.82, 2.24) is 20.0 Å². The largest absolute Gasteiger partial charge is 0.383 e. The number of nitrogens with zero attached hydrogens (tertiary/aromatic N) is 5. The highest BCUT2D eigenvalue weighted by Gasteiger charge is 2.37. The van der Waals surface area contributed by atoms with Crippen molar-refractivity contribution in [2.75, 3.05) is 38.1 Å². The van der Waals surface area contributed by atoms with E-state index in [0.717, 1.165) is 17.7 Å². The third-order valence-corrected chi connectivity index (χ3v) is 5.60. The highest BCUT2D eigenvalue weighted by atomic mass is 16.3. The second-order valence-corrected chi connectivity index (χ2v) is 7.43. The molecule has 28 heavy (non-hydrogen) atoms. The molecule has 1 aromatic heterocycles. The van der Waals surface area contributed by atoms with E-state index in [0.29, 0.717) is 32.0 Å². The maximum Gasteiger partial charge on any atom is 0.246 e. The number of carbonyl (C=O) groups excluding carboxylic acids is 1. The van der Waals surface area contributed by atoms with E-state index in [2.05, 4.69) is 21.5 Å². The van der Waals surface area contributed by atoms with Gasteiger partial charge < -0.3 is 20.2 Å². The molecule has 1 saturated heterocycles. The van der Waals surface area contributed by atoms with Crippen molar-refractivity contribution in [3.63, 3.8) is 0 Å². The second kappa shape index (κ2) is 7.27. The zero-order chi connectivity index (χ0) is 19.7. The fraction of sp³-hybridized carbons (Fsp3) is 0.450. The predicted molar refractivity (Wildman–Crippen MR) is 107 cm³/mol. The first-order chi connectivity index (χ1) is 13.5. The summed E-state index contributed by atoms with van der Waals surface area (Å²) in [6, 6.07) is 8.02. The minimum atomic E-state index is -0.909. The number of hydrogen-bond acceptors (Lipinski definition) is 4. The van der Waals surface area contributed by atoms with Crippen LogP contribution in [0.1, 0.15) is 17.5 Å². The number of aliphatic imine (C=N–C) groups is 1.